The molecule has 0 aromatic rings. The van der Waals surface area contributed by atoms with Gasteiger partial charge in [-0.15, -0.1) is 0 Å². The van der Waals surface area contributed by atoms with E-state index >= 15 is 0 Å². The van der Waals surface area contributed by atoms with Gasteiger partial charge < -0.3 is 19.7 Å². The van der Waals surface area contributed by atoms with E-state index in [0.29, 0.717) is 13.2 Å². The molecule has 2 N–H and O–H groups in total. The molecule has 4 nitrogen and oxygen atoms in total. The normalized spacial score (nSPS) is 11.1. The molecule has 0 bridgehead atoms. The topological polar surface area (TPSA) is 58.9 Å². The van der Waals surface area contributed by atoms with Crippen LogP contribution in [-0.2, 0) is 9.47 Å². The molecule has 19 heavy (non-hydrogen) atoms. The van der Waals surface area contributed by atoms with Crippen LogP contribution in [0.15, 0.2) is 0 Å². The van der Waals surface area contributed by atoms with E-state index in [2.05, 4.69) is 0 Å². The second-order valence-corrected chi connectivity index (χ2v) is 7.18. The van der Waals surface area contributed by atoms with Gasteiger partial charge in [0.15, 0.2) is 0 Å². The molecule has 0 spiro atoms. The van der Waals surface area contributed by atoms with Crippen molar-refractivity contribution >= 4 is 35.3 Å². The Labute approximate surface area is 129 Å². The first-order valence-corrected chi connectivity index (χ1v) is 9.98. The first-order chi connectivity index (χ1) is 9.41. The first kappa shape index (κ1) is 19.9. The molecule has 0 amide bonds. The third-order valence-electron chi connectivity index (χ3n) is 1.96. The summed E-state index contributed by atoms with van der Waals surface area (Å²) in [7, 11) is 0. The van der Waals surface area contributed by atoms with E-state index in [1.165, 1.54) is 11.5 Å². The molecule has 116 valence electrons. The Hall–Kier alpha value is 0.890. The number of hydrogen-bond donors (Lipinski definition) is 2. The summed E-state index contributed by atoms with van der Waals surface area (Å²) in [5.41, 5.74) is 0. The number of hydrogen-bond acceptors (Lipinski definition) is 7. The van der Waals surface area contributed by atoms with Crippen LogP contribution in [0.4, 0.5) is 0 Å². The molecule has 0 aliphatic carbocycles. The lowest BCUT2D eigenvalue weighted by Gasteiger charge is -2.04. The lowest BCUT2D eigenvalue weighted by molar-refractivity contribution is 0.103. The van der Waals surface area contributed by atoms with Crippen molar-refractivity contribution in [3.8, 4) is 0 Å². The molecule has 0 fully saturated rings. The van der Waals surface area contributed by atoms with Gasteiger partial charge in [-0.05, 0) is 0 Å². The fraction of sp³-hybridized carbons (Fsp3) is 1.00. The molecular formula is C12H26O4S3. The van der Waals surface area contributed by atoms with Crippen molar-refractivity contribution in [1.29, 1.82) is 0 Å². The third-order valence-corrected chi connectivity index (χ3v) is 5.36. The van der Waals surface area contributed by atoms with Crippen LogP contribution in [0.5, 0.6) is 0 Å². The molecule has 0 saturated heterocycles. The maximum Gasteiger partial charge on any atom is 0.0698 e. The van der Waals surface area contributed by atoms with Crippen LogP contribution >= 0.6 is 35.3 Å². The Kier molecular flexibility index (Phi) is 19.8. The predicted molar refractivity (Wildman–Crippen MR) is 87.8 cm³/mol. The van der Waals surface area contributed by atoms with E-state index in [1.807, 2.05) is 35.3 Å². The first-order valence-electron chi connectivity index (χ1n) is 6.52. The summed E-state index contributed by atoms with van der Waals surface area (Å²) in [4.78, 5) is 0. The molecule has 0 aromatic heterocycles. The fourth-order valence-corrected chi connectivity index (χ4v) is 4.08. The van der Waals surface area contributed by atoms with Gasteiger partial charge in [-0.2, -0.15) is 35.3 Å². The Balaban J connectivity index is 2.88. The predicted octanol–water partition coefficient (Wildman–Crippen LogP) is 1.20. The molecule has 0 aliphatic heterocycles. The van der Waals surface area contributed by atoms with Gasteiger partial charge in [-0.3, -0.25) is 0 Å². The minimum Gasteiger partial charge on any atom is -0.394 e. The van der Waals surface area contributed by atoms with Crippen LogP contribution in [0.1, 0.15) is 0 Å². The molecule has 0 heterocycles. The van der Waals surface area contributed by atoms with Crippen molar-refractivity contribution in [2.75, 3.05) is 74.2 Å². The standard InChI is InChI=1S/C12H26O4S3/c13-1-3-15-5-7-17-9-11-19-12-10-18-8-6-16-4-2-14/h13-14H,1-12H2. The number of aliphatic hydroxyl groups is 2. The molecule has 0 aromatic carbocycles. The van der Waals surface area contributed by atoms with Crippen molar-refractivity contribution in [3.05, 3.63) is 0 Å². The zero-order chi connectivity index (χ0) is 14.0. The van der Waals surface area contributed by atoms with Gasteiger partial charge in [0.05, 0.1) is 39.6 Å². The quantitative estimate of drug-likeness (QED) is 0.412. The van der Waals surface area contributed by atoms with Gasteiger partial charge in [0, 0.05) is 34.5 Å². The van der Waals surface area contributed by atoms with Crippen molar-refractivity contribution in [3.63, 3.8) is 0 Å². The zero-order valence-corrected chi connectivity index (χ0v) is 13.9. The SMILES string of the molecule is OCCOCCSCCSCCSCCOCCO. The van der Waals surface area contributed by atoms with Crippen LogP contribution in [-0.4, -0.2) is 84.4 Å². The summed E-state index contributed by atoms with van der Waals surface area (Å²) < 4.78 is 10.3. The van der Waals surface area contributed by atoms with Crippen LogP contribution < -0.4 is 0 Å². The van der Waals surface area contributed by atoms with Gasteiger partial charge >= 0.3 is 0 Å². The monoisotopic (exact) mass is 330 g/mol. The molecule has 0 atom stereocenters. The van der Waals surface area contributed by atoms with E-state index in [0.717, 1.165) is 36.2 Å². The van der Waals surface area contributed by atoms with Gasteiger partial charge in [0.25, 0.3) is 0 Å². The van der Waals surface area contributed by atoms with E-state index in [4.69, 9.17) is 19.7 Å². The van der Waals surface area contributed by atoms with E-state index in [9.17, 15) is 0 Å². The van der Waals surface area contributed by atoms with Crippen molar-refractivity contribution < 1.29 is 19.7 Å². The molecule has 0 radical (unpaired) electrons. The van der Waals surface area contributed by atoms with Gasteiger partial charge in [-0.1, -0.05) is 0 Å². The minimum atomic E-state index is 0.114. The average Bonchev–Trinajstić information content (AvgIpc) is 2.43. The largest absolute Gasteiger partial charge is 0.394 e. The molecular weight excluding hydrogens is 304 g/mol. The molecule has 0 saturated carbocycles. The highest BCUT2D eigenvalue weighted by molar-refractivity contribution is 8.04. The van der Waals surface area contributed by atoms with E-state index < -0.39 is 0 Å². The van der Waals surface area contributed by atoms with E-state index in [-0.39, 0.29) is 13.2 Å². The smallest absolute Gasteiger partial charge is 0.0698 e. The number of thioether (sulfide) groups is 3. The highest BCUT2D eigenvalue weighted by atomic mass is 32.2. The second kappa shape index (κ2) is 18.9. The summed E-state index contributed by atoms with van der Waals surface area (Å²) in [6.45, 7) is 2.61. The fourth-order valence-electron chi connectivity index (χ4n) is 1.11. The summed E-state index contributed by atoms with van der Waals surface area (Å²) in [6.07, 6.45) is 0. The minimum absolute atomic E-state index is 0.114. The average molecular weight is 331 g/mol. The highest BCUT2D eigenvalue weighted by Gasteiger charge is 1.94. The Morgan fingerprint density at radius 3 is 1.26 bits per heavy atom. The van der Waals surface area contributed by atoms with Crippen LogP contribution in [0.2, 0.25) is 0 Å². The van der Waals surface area contributed by atoms with Crippen LogP contribution in [0.25, 0.3) is 0 Å². The Morgan fingerprint density at radius 1 is 0.526 bits per heavy atom. The zero-order valence-electron chi connectivity index (χ0n) is 11.4. The maximum atomic E-state index is 8.51. The van der Waals surface area contributed by atoms with Crippen molar-refractivity contribution in [2.24, 2.45) is 0 Å². The van der Waals surface area contributed by atoms with E-state index in [1.54, 1.807) is 0 Å². The number of aliphatic hydroxyl groups excluding tert-OH is 2. The van der Waals surface area contributed by atoms with Gasteiger partial charge in [-0.25, -0.2) is 0 Å². The Morgan fingerprint density at radius 2 is 0.895 bits per heavy atom. The maximum absolute atomic E-state index is 8.51. The summed E-state index contributed by atoms with van der Waals surface area (Å²) in [6, 6.07) is 0. The summed E-state index contributed by atoms with van der Waals surface area (Å²) >= 11 is 5.79. The lowest BCUT2D eigenvalue weighted by atomic mass is 10.7. The molecule has 0 aliphatic rings. The molecule has 0 unspecified atom stereocenters. The third kappa shape index (κ3) is 18.9. The number of rotatable bonds is 16. The molecule has 0 rings (SSSR count). The summed E-state index contributed by atoms with van der Waals surface area (Å²) in [5.74, 6) is 6.72. The van der Waals surface area contributed by atoms with Crippen LogP contribution in [0.3, 0.4) is 0 Å². The Bertz CT molecular complexity index is 148. The summed E-state index contributed by atoms with van der Waals surface area (Å²) in [5, 5.41) is 17.0. The van der Waals surface area contributed by atoms with Gasteiger partial charge in [0.1, 0.15) is 0 Å². The number of ether oxygens (including phenoxy) is 2. The van der Waals surface area contributed by atoms with Crippen LogP contribution in [0, 0.1) is 0 Å². The van der Waals surface area contributed by atoms with Crippen molar-refractivity contribution in [2.45, 2.75) is 0 Å². The molecule has 7 heteroatoms. The second-order valence-electron chi connectivity index (χ2n) is 3.51. The lowest BCUT2D eigenvalue weighted by Crippen LogP contribution is -2.03. The highest BCUT2D eigenvalue weighted by Crippen LogP contribution is 2.10. The van der Waals surface area contributed by atoms with Crippen molar-refractivity contribution in [1.82, 2.24) is 0 Å². The van der Waals surface area contributed by atoms with Gasteiger partial charge in [0.2, 0.25) is 0 Å².